The molecule has 1 aromatic heterocycles. The molecule has 0 N–H and O–H groups in total. The van der Waals surface area contributed by atoms with Gasteiger partial charge in [0.05, 0.1) is 26.0 Å². The molecule has 6 heteroatoms. The van der Waals surface area contributed by atoms with E-state index in [0.717, 1.165) is 37.9 Å². The molecule has 0 bridgehead atoms. The molecule has 170 valence electrons. The number of rotatable bonds is 15. The van der Waals surface area contributed by atoms with E-state index in [0.29, 0.717) is 32.7 Å². The Balaban J connectivity index is 2.01. The number of carbonyl (C=O) groups is 2. The summed E-state index contributed by atoms with van der Waals surface area (Å²) < 4.78 is 10.6. The standard InChI is InChI=1S/C25H36N2O4/c1-3-4-5-9-14-24(28)27(17-19-30-2)21-25(29)26(20-23-13-10-18-31-23)16-15-22-11-7-6-8-12-22/h6-8,10-13,18H,3-5,9,14-17,19-21H2,1-2H3. The first kappa shape index (κ1) is 24.7. The average Bonchev–Trinajstić information content (AvgIpc) is 3.30. The molecular weight excluding hydrogens is 392 g/mol. The molecule has 0 aliphatic carbocycles. The fraction of sp³-hybridized carbons (Fsp3) is 0.520. The van der Waals surface area contributed by atoms with Crippen molar-refractivity contribution in [1.29, 1.82) is 0 Å². The van der Waals surface area contributed by atoms with Crippen molar-refractivity contribution in [3.8, 4) is 0 Å². The van der Waals surface area contributed by atoms with Gasteiger partial charge in [-0.3, -0.25) is 9.59 Å². The molecule has 0 saturated heterocycles. The van der Waals surface area contributed by atoms with Crippen LogP contribution < -0.4 is 0 Å². The van der Waals surface area contributed by atoms with Crippen LogP contribution in [0.25, 0.3) is 0 Å². The number of hydrogen-bond acceptors (Lipinski definition) is 4. The van der Waals surface area contributed by atoms with Gasteiger partial charge in [0, 0.05) is 26.6 Å². The Kier molecular flexibility index (Phi) is 11.5. The number of carbonyl (C=O) groups excluding carboxylic acids is 2. The predicted molar refractivity (Wildman–Crippen MR) is 121 cm³/mol. The van der Waals surface area contributed by atoms with Crippen LogP contribution in [0.3, 0.4) is 0 Å². The normalized spacial score (nSPS) is 10.8. The summed E-state index contributed by atoms with van der Waals surface area (Å²) in [6.45, 7) is 3.99. The minimum absolute atomic E-state index is 0.0162. The highest BCUT2D eigenvalue weighted by Gasteiger charge is 2.22. The minimum atomic E-state index is -0.0784. The molecule has 6 nitrogen and oxygen atoms in total. The lowest BCUT2D eigenvalue weighted by molar-refractivity contribution is -0.141. The summed E-state index contributed by atoms with van der Waals surface area (Å²) in [5.74, 6) is 0.670. The van der Waals surface area contributed by atoms with Crippen molar-refractivity contribution in [2.75, 3.05) is 33.4 Å². The Morgan fingerprint density at radius 3 is 2.42 bits per heavy atom. The predicted octanol–water partition coefficient (Wildman–Crippen LogP) is 4.30. The third kappa shape index (κ3) is 9.39. The van der Waals surface area contributed by atoms with Crippen molar-refractivity contribution in [3.05, 3.63) is 60.1 Å². The summed E-state index contributed by atoms with van der Waals surface area (Å²) >= 11 is 0. The van der Waals surface area contributed by atoms with Crippen LogP contribution >= 0.6 is 0 Å². The topological polar surface area (TPSA) is 63.0 Å². The van der Waals surface area contributed by atoms with Crippen LogP contribution in [0.2, 0.25) is 0 Å². The number of furan rings is 1. The molecule has 0 fully saturated rings. The largest absolute Gasteiger partial charge is 0.467 e. The van der Waals surface area contributed by atoms with Gasteiger partial charge in [-0.05, 0) is 30.5 Å². The molecule has 0 aliphatic rings. The summed E-state index contributed by atoms with van der Waals surface area (Å²) in [6, 6.07) is 13.8. The van der Waals surface area contributed by atoms with Crippen molar-refractivity contribution in [2.45, 2.75) is 52.0 Å². The smallest absolute Gasteiger partial charge is 0.242 e. The van der Waals surface area contributed by atoms with E-state index in [2.05, 4.69) is 19.1 Å². The van der Waals surface area contributed by atoms with Crippen molar-refractivity contribution < 1.29 is 18.7 Å². The third-order valence-corrected chi connectivity index (χ3v) is 5.28. The van der Waals surface area contributed by atoms with E-state index in [4.69, 9.17) is 9.15 Å². The number of nitrogens with zero attached hydrogens (tertiary/aromatic N) is 2. The molecule has 2 rings (SSSR count). The first-order chi connectivity index (χ1) is 15.1. The van der Waals surface area contributed by atoms with Crippen LogP contribution in [-0.4, -0.2) is 55.0 Å². The first-order valence-electron chi connectivity index (χ1n) is 11.2. The summed E-state index contributed by atoms with van der Waals surface area (Å²) in [5, 5.41) is 0. The van der Waals surface area contributed by atoms with Crippen molar-refractivity contribution in [3.63, 3.8) is 0 Å². The molecule has 1 aromatic carbocycles. The Morgan fingerprint density at radius 2 is 1.74 bits per heavy atom. The van der Waals surface area contributed by atoms with Gasteiger partial charge >= 0.3 is 0 Å². The average molecular weight is 429 g/mol. The lowest BCUT2D eigenvalue weighted by Crippen LogP contribution is -2.44. The van der Waals surface area contributed by atoms with Gasteiger partial charge in [-0.2, -0.15) is 0 Å². The zero-order valence-electron chi connectivity index (χ0n) is 18.9. The summed E-state index contributed by atoms with van der Waals surface area (Å²) in [6.07, 6.45) is 6.98. The van der Waals surface area contributed by atoms with Gasteiger partial charge in [-0.25, -0.2) is 0 Å². The zero-order chi connectivity index (χ0) is 22.3. The molecule has 0 aliphatic heterocycles. The number of methoxy groups -OCH3 is 1. The number of ether oxygens (including phenoxy) is 1. The zero-order valence-corrected chi connectivity index (χ0v) is 18.9. The maximum absolute atomic E-state index is 13.2. The van der Waals surface area contributed by atoms with Crippen LogP contribution in [0.5, 0.6) is 0 Å². The summed E-state index contributed by atoms with van der Waals surface area (Å²) in [4.78, 5) is 29.4. The number of benzene rings is 1. The van der Waals surface area contributed by atoms with E-state index >= 15 is 0 Å². The Hall–Kier alpha value is -2.60. The fourth-order valence-electron chi connectivity index (χ4n) is 3.41. The van der Waals surface area contributed by atoms with Gasteiger partial charge in [-0.15, -0.1) is 0 Å². The summed E-state index contributed by atoms with van der Waals surface area (Å²) in [5.41, 5.74) is 1.17. The lowest BCUT2D eigenvalue weighted by atomic mass is 10.1. The van der Waals surface area contributed by atoms with Crippen LogP contribution in [0.15, 0.2) is 53.1 Å². The van der Waals surface area contributed by atoms with Gasteiger partial charge in [0.15, 0.2) is 0 Å². The van der Waals surface area contributed by atoms with E-state index in [1.807, 2.05) is 30.3 Å². The quantitative estimate of drug-likeness (QED) is 0.397. The van der Waals surface area contributed by atoms with E-state index in [1.54, 1.807) is 23.2 Å². The van der Waals surface area contributed by atoms with Gasteiger partial charge < -0.3 is 19.0 Å². The van der Waals surface area contributed by atoms with Gasteiger partial charge in [-0.1, -0.05) is 56.5 Å². The van der Waals surface area contributed by atoms with Crippen molar-refractivity contribution in [2.24, 2.45) is 0 Å². The monoisotopic (exact) mass is 428 g/mol. The fourth-order valence-corrected chi connectivity index (χ4v) is 3.41. The minimum Gasteiger partial charge on any atom is -0.467 e. The lowest BCUT2D eigenvalue weighted by Gasteiger charge is -2.27. The maximum atomic E-state index is 13.2. The molecule has 31 heavy (non-hydrogen) atoms. The molecular formula is C25H36N2O4. The maximum Gasteiger partial charge on any atom is 0.242 e. The molecule has 0 saturated carbocycles. The SMILES string of the molecule is CCCCCCC(=O)N(CCOC)CC(=O)N(CCc1ccccc1)Cc1ccco1. The third-order valence-electron chi connectivity index (χ3n) is 5.28. The van der Waals surface area contributed by atoms with E-state index in [-0.39, 0.29) is 18.4 Å². The number of amides is 2. The van der Waals surface area contributed by atoms with Gasteiger partial charge in [0.25, 0.3) is 0 Å². The van der Waals surface area contributed by atoms with Gasteiger partial charge in [0.2, 0.25) is 11.8 Å². The second kappa shape index (κ2) is 14.4. The highest BCUT2D eigenvalue weighted by molar-refractivity contribution is 5.84. The first-order valence-corrected chi connectivity index (χ1v) is 11.2. The van der Waals surface area contributed by atoms with E-state index < -0.39 is 0 Å². The van der Waals surface area contributed by atoms with Crippen LogP contribution in [-0.2, 0) is 27.3 Å². The van der Waals surface area contributed by atoms with E-state index in [9.17, 15) is 9.59 Å². The number of unbranched alkanes of at least 4 members (excludes halogenated alkanes) is 3. The molecule has 2 aromatic rings. The highest BCUT2D eigenvalue weighted by atomic mass is 16.5. The molecule has 1 heterocycles. The summed E-state index contributed by atoms with van der Waals surface area (Å²) in [7, 11) is 1.61. The second-order valence-electron chi connectivity index (χ2n) is 7.75. The van der Waals surface area contributed by atoms with E-state index in [1.165, 1.54) is 5.56 Å². The highest BCUT2D eigenvalue weighted by Crippen LogP contribution is 2.11. The van der Waals surface area contributed by atoms with Crippen LogP contribution in [0, 0.1) is 0 Å². The van der Waals surface area contributed by atoms with Crippen molar-refractivity contribution in [1.82, 2.24) is 9.80 Å². The molecule has 0 spiro atoms. The molecule has 2 amide bonds. The molecule has 0 unspecified atom stereocenters. The van der Waals surface area contributed by atoms with Crippen molar-refractivity contribution >= 4 is 11.8 Å². The molecule has 0 atom stereocenters. The second-order valence-corrected chi connectivity index (χ2v) is 7.75. The number of hydrogen-bond donors (Lipinski definition) is 0. The van der Waals surface area contributed by atoms with Gasteiger partial charge in [0.1, 0.15) is 5.76 Å². The molecule has 0 radical (unpaired) electrons. The van der Waals surface area contributed by atoms with Crippen LogP contribution in [0.4, 0.5) is 0 Å². The Bertz CT molecular complexity index is 746. The van der Waals surface area contributed by atoms with Crippen LogP contribution in [0.1, 0.15) is 50.4 Å². The Labute approximate surface area is 186 Å². The Morgan fingerprint density at radius 1 is 0.935 bits per heavy atom.